The number of anilines is 2. The summed E-state index contributed by atoms with van der Waals surface area (Å²) in [5.41, 5.74) is 2.89. The van der Waals surface area contributed by atoms with Gasteiger partial charge in [-0.05, 0) is 67.4 Å². The third kappa shape index (κ3) is 4.66. The largest absolute Gasteiger partial charge is 0.322 e. The first-order valence-corrected chi connectivity index (χ1v) is 11.0. The Morgan fingerprint density at radius 3 is 2.03 bits per heavy atom. The van der Waals surface area contributed by atoms with Crippen LogP contribution in [-0.4, -0.2) is 20.9 Å². The monoisotopic (exact) mass is 408 g/mol. The smallest absolute Gasteiger partial charge is 0.264 e. The molecule has 0 atom stereocenters. The quantitative estimate of drug-likeness (QED) is 0.615. The van der Waals surface area contributed by atoms with Crippen molar-refractivity contribution in [3.8, 4) is 0 Å². The minimum atomic E-state index is -3.66. The van der Waals surface area contributed by atoms with E-state index in [1.807, 2.05) is 24.3 Å². The maximum atomic E-state index is 12.9. The van der Waals surface area contributed by atoms with Gasteiger partial charge in [-0.3, -0.25) is 9.10 Å². The van der Waals surface area contributed by atoms with Crippen LogP contribution in [0.4, 0.5) is 11.4 Å². The molecule has 0 saturated heterocycles. The van der Waals surface area contributed by atoms with Gasteiger partial charge in [0.05, 0.1) is 10.6 Å². The number of aryl methyl sites for hydroxylation is 1. The minimum absolute atomic E-state index is 0.235. The molecule has 0 saturated carbocycles. The molecule has 0 aliphatic carbocycles. The number of nitrogens with zero attached hydrogens (tertiary/aromatic N) is 1. The molecule has 3 aromatic carbocycles. The lowest BCUT2D eigenvalue weighted by atomic mass is 10.1. The van der Waals surface area contributed by atoms with Gasteiger partial charge in [-0.1, -0.05) is 37.3 Å². The fraction of sp³-hybridized carbons (Fsp3) is 0.174. The Balaban J connectivity index is 1.78. The average Bonchev–Trinajstić information content (AvgIpc) is 2.75. The molecule has 1 amide bonds. The van der Waals surface area contributed by atoms with E-state index in [2.05, 4.69) is 12.2 Å². The molecule has 0 radical (unpaired) electrons. The zero-order valence-corrected chi connectivity index (χ0v) is 17.3. The first kappa shape index (κ1) is 20.6. The van der Waals surface area contributed by atoms with E-state index in [0.29, 0.717) is 11.3 Å². The van der Waals surface area contributed by atoms with Gasteiger partial charge >= 0.3 is 0 Å². The molecule has 0 aliphatic heterocycles. The van der Waals surface area contributed by atoms with Crippen LogP contribution in [-0.2, 0) is 16.4 Å². The summed E-state index contributed by atoms with van der Waals surface area (Å²) in [6.45, 7) is 4.14. The number of amides is 1. The van der Waals surface area contributed by atoms with Crippen LogP contribution in [0.2, 0.25) is 0 Å². The predicted octanol–water partition coefficient (Wildman–Crippen LogP) is 4.72. The second-order valence-corrected chi connectivity index (χ2v) is 8.40. The Bertz CT molecular complexity index is 1060. The van der Waals surface area contributed by atoms with Crippen LogP contribution in [0.1, 0.15) is 29.8 Å². The number of nitrogens with one attached hydrogen (secondary N) is 1. The molecule has 3 rings (SSSR count). The van der Waals surface area contributed by atoms with Gasteiger partial charge in [0.1, 0.15) is 0 Å². The molecular formula is C23H24N2O3S. The molecule has 6 heteroatoms. The van der Waals surface area contributed by atoms with E-state index in [9.17, 15) is 13.2 Å². The van der Waals surface area contributed by atoms with E-state index in [1.165, 1.54) is 9.87 Å². The number of benzene rings is 3. The lowest BCUT2D eigenvalue weighted by Gasteiger charge is -2.23. The van der Waals surface area contributed by atoms with Gasteiger partial charge in [-0.25, -0.2) is 8.42 Å². The molecule has 150 valence electrons. The van der Waals surface area contributed by atoms with E-state index >= 15 is 0 Å². The van der Waals surface area contributed by atoms with Crippen LogP contribution < -0.4 is 9.62 Å². The Hall–Kier alpha value is -3.12. The van der Waals surface area contributed by atoms with E-state index in [1.54, 1.807) is 61.5 Å². The molecule has 0 spiro atoms. The lowest BCUT2D eigenvalue weighted by molar-refractivity contribution is 0.102. The predicted molar refractivity (Wildman–Crippen MR) is 117 cm³/mol. The standard InChI is InChI=1S/C23H24N2O3S/c1-3-18-10-14-20(15-11-18)24-23(26)19-12-16-21(17-13-19)25(4-2)29(27,28)22-8-6-5-7-9-22/h5-17H,3-4H2,1-2H3,(H,24,26). The summed E-state index contributed by atoms with van der Waals surface area (Å²) in [6, 6.07) is 22.6. The van der Waals surface area contributed by atoms with Crippen molar-refractivity contribution in [2.75, 3.05) is 16.2 Å². The van der Waals surface area contributed by atoms with E-state index in [-0.39, 0.29) is 17.3 Å². The van der Waals surface area contributed by atoms with Gasteiger partial charge in [0.2, 0.25) is 0 Å². The number of carbonyl (C=O) groups excluding carboxylic acids is 1. The van der Waals surface area contributed by atoms with E-state index in [0.717, 1.165) is 12.1 Å². The highest BCUT2D eigenvalue weighted by Gasteiger charge is 2.23. The second kappa shape index (κ2) is 8.92. The molecule has 29 heavy (non-hydrogen) atoms. The fourth-order valence-electron chi connectivity index (χ4n) is 3.02. The summed E-state index contributed by atoms with van der Waals surface area (Å²) in [6.07, 6.45) is 0.940. The summed E-state index contributed by atoms with van der Waals surface area (Å²) in [4.78, 5) is 12.7. The van der Waals surface area contributed by atoms with Crippen molar-refractivity contribution < 1.29 is 13.2 Å². The summed E-state index contributed by atoms with van der Waals surface area (Å²) in [5, 5.41) is 2.86. The average molecular weight is 409 g/mol. The third-order valence-corrected chi connectivity index (χ3v) is 6.57. The van der Waals surface area contributed by atoms with Crippen molar-refractivity contribution in [2.45, 2.75) is 25.2 Å². The van der Waals surface area contributed by atoms with Crippen LogP contribution in [0.5, 0.6) is 0 Å². The second-order valence-electron chi connectivity index (χ2n) is 6.53. The molecular weight excluding hydrogens is 384 g/mol. The molecule has 0 aromatic heterocycles. The summed E-state index contributed by atoms with van der Waals surface area (Å²) in [7, 11) is -3.66. The fourth-order valence-corrected chi connectivity index (χ4v) is 4.51. The Kier molecular flexibility index (Phi) is 6.34. The normalized spacial score (nSPS) is 11.1. The maximum Gasteiger partial charge on any atom is 0.264 e. The maximum absolute atomic E-state index is 12.9. The molecule has 0 heterocycles. The summed E-state index contributed by atoms with van der Waals surface area (Å²) < 4.78 is 27.2. The first-order valence-electron chi connectivity index (χ1n) is 9.54. The van der Waals surface area contributed by atoms with Gasteiger partial charge in [-0.2, -0.15) is 0 Å². The summed E-state index contributed by atoms with van der Waals surface area (Å²) >= 11 is 0. The number of hydrogen-bond acceptors (Lipinski definition) is 3. The molecule has 0 unspecified atom stereocenters. The molecule has 1 N–H and O–H groups in total. The number of carbonyl (C=O) groups is 1. The molecule has 0 fully saturated rings. The van der Waals surface area contributed by atoms with Gasteiger partial charge in [0.15, 0.2) is 0 Å². The Labute approximate surface area is 172 Å². The topological polar surface area (TPSA) is 66.5 Å². The highest BCUT2D eigenvalue weighted by Crippen LogP contribution is 2.24. The van der Waals surface area contributed by atoms with Gasteiger partial charge in [0, 0.05) is 17.8 Å². The van der Waals surface area contributed by atoms with Gasteiger partial charge < -0.3 is 5.32 Å². The van der Waals surface area contributed by atoms with Gasteiger partial charge in [0.25, 0.3) is 15.9 Å². The zero-order chi connectivity index (χ0) is 20.9. The molecule has 5 nitrogen and oxygen atoms in total. The van der Waals surface area contributed by atoms with Gasteiger partial charge in [-0.15, -0.1) is 0 Å². The van der Waals surface area contributed by atoms with Crippen LogP contribution in [0.25, 0.3) is 0 Å². The SMILES string of the molecule is CCc1ccc(NC(=O)c2ccc(N(CC)S(=O)(=O)c3ccccc3)cc2)cc1. The van der Waals surface area contributed by atoms with Crippen molar-refractivity contribution in [2.24, 2.45) is 0 Å². The van der Waals surface area contributed by atoms with Crippen LogP contribution in [0.15, 0.2) is 83.8 Å². The zero-order valence-electron chi connectivity index (χ0n) is 16.5. The van der Waals surface area contributed by atoms with Crippen LogP contribution in [0, 0.1) is 0 Å². The van der Waals surface area contributed by atoms with Crippen molar-refractivity contribution in [1.82, 2.24) is 0 Å². The Morgan fingerprint density at radius 2 is 1.48 bits per heavy atom. The van der Waals surface area contributed by atoms with Crippen molar-refractivity contribution >= 4 is 27.3 Å². The van der Waals surface area contributed by atoms with Crippen molar-refractivity contribution in [1.29, 1.82) is 0 Å². The Morgan fingerprint density at radius 1 is 0.862 bits per heavy atom. The molecule has 3 aromatic rings. The van der Waals surface area contributed by atoms with Crippen molar-refractivity contribution in [3.05, 3.63) is 90.0 Å². The highest BCUT2D eigenvalue weighted by atomic mass is 32.2. The minimum Gasteiger partial charge on any atom is -0.322 e. The number of rotatable bonds is 7. The molecule has 0 bridgehead atoms. The third-order valence-electron chi connectivity index (χ3n) is 4.66. The highest BCUT2D eigenvalue weighted by molar-refractivity contribution is 7.92. The number of hydrogen-bond donors (Lipinski definition) is 1. The number of sulfonamides is 1. The lowest BCUT2D eigenvalue weighted by Crippen LogP contribution is -2.30. The van der Waals surface area contributed by atoms with E-state index in [4.69, 9.17) is 0 Å². The van der Waals surface area contributed by atoms with Crippen LogP contribution in [0.3, 0.4) is 0 Å². The van der Waals surface area contributed by atoms with Crippen molar-refractivity contribution in [3.63, 3.8) is 0 Å². The van der Waals surface area contributed by atoms with Crippen LogP contribution >= 0.6 is 0 Å². The first-order chi connectivity index (χ1) is 14.0. The van der Waals surface area contributed by atoms with E-state index < -0.39 is 10.0 Å². The molecule has 0 aliphatic rings. The summed E-state index contributed by atoms with van der Waals surface area (Å²) in [5.74, 6) is -0.241.